The van der Waals surface area contributed by atoms with E-state index in [1.54, 1.807) is 44.4 Å². The number of sulfonamides is 1. The lowest BCUT2D eigenvalue weighted by Gasteiger charge is -2.31. The largest absolute Gasteiger partial charge is 0.496 e. The average Bonchev–Trinajstić information content (AvgIpc) is 2.86. The molecule has 3 aromatic carbocycles. The van der Waals surface area contributed by atoms with Gasteiger partial charge >= 0.3 is 0 Å². The normalized spacial score (nSPS) is 16.6. The summed E-state index contributed by atoms with van der Waals surface area (Å²) < 4.78 is 39.1. The Labute approximate surface area is 200 Å². The molecule has 0 unspecified atom stereocenters. The quantitative estimate of drug-likeness (QED) is 0.523. The Bertz CT molecular complexity index is 1260. The standard InChI is InChI=1S/C26H28N2O5S/c1-19-17-22(14-15-24(19)32-2)34(30,31)28-16-8-9-20(18-28)26(29)27-23-12-6-7-13-25(23)33-21-10-4-3-5-11-21/h3-7,10-15,17,20H,8-9,16,18H2,1-2H3,(H,27,29)/t20-/m0/s1. The van der Waals surface area contributed by atoms with Crippen LogP contribution in [0.3, 0.4) is 0 Å². The van der Waals surface area contributed by atoms with E-state index >= 15 is 0 Å². The second-order valence-electron chi connectivity index (χ2n) is 8.23. The van der Waals surface area contributed by atoms with Crippen LogP contribution in [0, 0.1) is 12.8 Å². The van der Waals surface area contributed by atoms with Gasteiger partial charge in [-0.15, -0.1) is 0 Å². The number of carbonyl (C=O) groups excluding carboxylic acids is 1. The van der Waals surface area contributed by atoms with Crippen LogP contribution in [0.5, 0.6) is 17.2 Å². The summed E-state index contributed by atoms with van der Waals surface area (Å²) in [4.78, 5) is 13.3. The second kappa shape index (κ2) is 10.3. The molecule has 1 aliphatic heterocycles. The summed E-state index contributed by atoms with van der Waals surface area (Å²) >= 11 is 0. The van der Waals surface area contributed by atoms with Gasteiger partial charge in [0.25, 0.3) is 0 Å². The van der Waals surface area contributed by atoms with Gasteiger partial charge in [-0.05, 0) is 67.8 Å². The molecular formula is C26H28N2O5S. The Kier molecular flexibility index (Phi) is 7.19. The van der Waals surface area contributed by atoms with Crippen LogP contribution in [-0.2, 0) is 14.8 Å². The molecule has 34 heavy (non-hydrogen) atoms. The molecule has 3 aromatic rings. The zero-order valence-electron chi connectivity index (χ0n) is 19.2. The number of carbonyl (C=O) groups is 1. The van der Waals surface area contributed by atoms with Crippen LogP contribution in [0.2, 0.25) is 0 Å². The zero-order chi connectivity index (χ0) is 24.1. The van der Waals surface area contributed by atoms with Gasteiger partial charge < -0.3 is 14.8 Å². The SMILES string of the molecule is COc1ccc(S(=O)(=O)N2CCC[C@H](C(=O)Nc3ccccc3Oc3ccccc3)C2)cc1C. The van der Waals surface area contributed by atoms with Gasteiger partial charge in [-0.3, -0.25) is 4.79 Å². The molecule has 1 heterocycles. The number of benzene rings is 3. The molecule has 0 aliphatic carbocycles. The molecule has 0 spiro atoms. The number of hydrogen-bond donors (Lipinski definition) is 1. The molecule has 8 heteroatoms. The summed E-state index contributed by atoms with van der Waals surface area (Å²) in [6, 6.07) is 21.3. The van der Waals surface area contributed by atoms with E-state index in [1.807, 2.05) is 42.5 Å². The van der Waals surface area contributed by atoms with Crippen molar-refractivity contribution in [3.05, 3.63) is 78.4 Å². The van der Waals surface area contributed by atoms with E-state index in [0.29, 0.717) is 42.3 Å². The summed E-state index contributed by atoms with van der Waals surface area (Å²) in [6.07, 6.45) is 1.22. The number of piperidine rings is 1. The first-order chi connectivity index (χ1) is 16.4. The Balaban J connectivity index is 1.48. The van der Waals surface area contributed by atoms with Crippen molar-refractivity contribution in [2.75, 3.05) is 25.5 Å². The molecule has 1 amide bonds. The maximum absolute atomic E-state index is 13.3. The third-order valence-electron chi connectivity index (χ3n) is 5.87. The van der Waals surface area contributed by atoms with Crippen LogP contribution in [0.25, 0.3) is 0 Å². The van der Waals surface area contributed by atoms with Gasteiger partial charge in [-0.2, -0.15) is 4.31 Å². The van der Waals surface area contributed by atoms with Crippen LogP contribution >= 0.6 is 0 Å². The third-order valence-corrected chi connectivity index (χ3v) is 7.74. The van der Waals surface area contributed by atoms with Crippen LogP contribution in [0.1, 0.15) is 18.4 Å². The number of aryl methyl sites for hydroxylation is 1. The van der Waals surface area contributed by atoms with E-state index < -0.39 is 15.9 Å². The molecule has 0 saturated carbocycles. The highest BCUT2D eigenvalue weighted by Gasteiger charge is 2.33. The zero-order valence-corrected chi connectivity index (χ0v) is 20.0. The van der Waals surface area contributed by atoms with Gasteiger partial charge in [0.2, 0.25) is 15.9 Å². The van der Waals surface area contributed by atoms with Crippen LogP contribution in [-0.4, -0.2) is 38.8 Å². The number of nitrogens with one attached hydrogen (secondary N) is 1. The maximum atomic E-state index is 13.3. The molecule has 1 aliphatic rings. The Hall–Kier alpha value is -3.36. The molecular weight excluding hydrogens is 452 g/mol. The molecule has 178 valence electrons. The lowest BCUT2D eigenvalue weighted by molar-refractivity contribution is -0.120. The van der Waals surface area contributed by atoms with Gasteiger partial charge in [0.15, 0.2) is 5.75 Å². The van der Waals surface area contributed by atoms with Crippen LogP contribution < -0.4 is 14.8 Å². The second-order valence-corrected chi connectivity index (χ2v) is 10.2. The molecule has 7 nitrogen and oxygen atoms in total. The van der Waals surface area contributed by atoms with Crippen LogP contribution in [0.4, 0.5) is 5.69 Å². The topological polar surface area (TPSA) is 84.9 Å². The van der Waals surface area contributed by atoms with Crippen molar-refractivity contribution in [3.63, 3.8) is 0 Å². The maximum Gasteiger partial charge on any atom is 0.243 e. The minimum atomic E-state index is -3.72. The van der Waals surface area contributed by atoms with E-state index in [-0.39, 0.29) is 17.3 Å². The molecule has 0 radical (unpaired) electrons. The Morgan fingerprint density at radius 3 is 2.47 bits per heavy atom. The summed E-state index contributed by atoms with van der Waals surface area (Å²) in [7, 11) is -2.18. The van der Waals surface area contributed by atoms with Crippen molar-refractivity contribution >= 4 is 21.6 Å². The first-order valence-corrected chi connectivity index (χ1v) is 12.6. The smallest absolute Gasteiger partial charge is 0.243 e. The predicted molar refractivity (Wildman–Crippen MR) is 131 cm³/mol. The number of para-hydroxylation sites is 3. The fourth-order valence-electron chi connectivity index (χ4n) is 4.04. The van der Waals surface area contributed by atoms with E-state index in [9.17, 15) is 13.2 Å². The average molecular weight is 481 g/mol. The van der Waals surface area contributed by atoms with E-state index in [2.05, 4.69) is 5.32 Å². The van der Waals surface area contributed by atoms with Gasteiger partial charge in [-0.1, -0.05) is 30.3 Å². The first-order valence-electron chi connectivity index (χ1n) is 11.2. The summed E-state index contributed by atoms with van der Waals surface area (Å²) in [5, 5.41) is 2.93. The fourth-order valence-corrected chi connectivity index (χ4v) is 5.65. The van der Waals surface area contributed by atoms with Crippen molar-refractivity contribution in [1.29, 1.82) is 0 Å². The number of nitrogens with zero attached hydrogens (tertiary/aromatic N) is 1. The molecule has 1 N–H and O–H groups in total. The summed E-state index contributed by atoms with van der Waals surface area (Å²) in [5.41, 5.74) is 1.28. The highest BCUT2D eigenvalue weighted by atomic mass is 32.2. The van der Waals surface area contributed by atoms with Gasteiger partial charge in [0, 0.05) is 13.1 Å². The van der Waals surface area contributed by atoms with Crippen molar-refractivity contribution in [1.82, 2.24) is 4.31 Å². The van der Waals surface area contributed by atoms with Gasteiger partial charge in [0.1, 0.15) is 11.5 Å². The minimum absolute atomic E-state index is 0.126. The molecule has 1 saturated heterocycles. The minimum Gasteiger partial charge on any atom is -0.496 e. The molecule has 4 rings (SSSR count). The Morgan fingerprint density at radius 1 is 1.00 bits per heavy atom. The predicted octanol–water partition coefficient (Wildman–Crippen LogP) is 4.84. The van der Waals surface area contributed by atoms with Crippen molar-refractivity contribution in [2.45, 2.75) is 24.7 Å². The molecule has 1 atom stereocenters. The molecule has 0 aromatic heterocycles. The summed E-state index contributed by atoms with van der Waals surface area (Å²) in [5.74, 6) is 1.12. The first kappa shape index (κ1) is 23.8. The van der Waals surface area contributed by atoms with Crippen molar-refractivity contribution < 1.29 is 22.7 Å². The van der Waals surface area contributed by atoms with Crippen molar-refractivity contribution in [2.24, 2.45) is 5.92 Å². The van der Waals surface area contributed by atoms with E-state index in [4.69, 9.17) is 9.47 Å². The number of rotatable bonds is 7. The highest BCUT2D eigenvalue weighted by molar-refractivity contribution is 7.89. The van der Waals surface area contributed by atoms with Gasteiger partial charge in [0.05, 0.1) is 23.6 Å². The van der Waals surface area contributed by atoms with E-state index in [0.717, 1.165) is 5.56 Å². The number of hydrogen-bond acceptors (Lipinski definition) is 5. The number of methoxy groups -OCH3 is 1. The number of ether oxygens (including phenoxy) is 2. The Morgan fingerprint density at radius 2 is 1.74 bits per heavy atom. The van der Waals surface area contributed by atoms with Gasteiger partial charge in [-0.25, -0.2) is 8.42 Å². The lowest BCUT2D eigenvalue weighted by atomic mass is 9.98. The monoisotopic (exact) mass is 480 g/mol. The number of amides is 1. The molecule has 1 fully saturated rings. The third kappa shape index (κ3) is 5.24. The van der Waals surface area contributed by atoms with Crippen LogP contribution in [0.15, 0.2) is 77.7 Å². The van der Waals surface area contributed by atoms with E-state index in [1.165, 1.54) is 4.31 Å². The lowest BCUT2D eigenvalue weighted by Crippen LogP contribution is -2.43. The van der Waals surface area contributed by atoms with Crippen molar-refractivity contribution in [3.8, 4) is 17.2 Å². The molecule has 0 bridgehead atoms. The highest BCUT2D eigenvalue weighted by Crippen LogP contribution is 2.31. The fraction of sp³-hybridized carbons (Fsp3) is 0.269. The summed E-state index contributed by atoms with van der Waals surface area (Å²) in [6.45, 7) is 2.31. The number of anilines is 1.